The Kier molecular flexibility index (Phi) is 5.30. The second-order valence-electron chi connectivity index (χ2n) is 6.08. The van der Waals surface area contributed by atoms with Crippen LogP contribution in [0.2, 0.25) is 0 Å². The predicted octanol–water partition coefficient (Wildman–Crippen LogP) is 1.47. The highest BCUT2D eigenvalue weighted by Gasteiger charge is 2.42. The van der Waals surface area contributed by atoms with E-state index in [9.17, 15) is 4.79 Å². The van der Waals surface area contributed by atoms with Gasteiger partial charge in [0.1, 0.15) is 5.71 Å². The first-order chi connectivity index (χ1) is 11.2. The maximum Gasteiger partial charge on any atom is 0.267 e. The number of ether oxygens (including phenoxy) is 1. The van der Waals surface area contributed by atoms with Crippen molar-refractivity contribution in [1.82, 2.24) is 10.2 Å². The lowest BCUT2D eigenvalue weighted by atomic mass is 9.98. The summed E-state index contributed by atoms with van der Waals surface area (Å²) in [5, 5.41) is 9.08. The number of nitrogens with zero attached hydrogens (tertiary/aromatic N) is 2. The summed E-state index contributed by atoms with van der Waals surface area (Å²) < 4.78 is 5.33. The van der Waals surface area contributed by atoms with Crippen LogP contribution in [0.15, 0.2) is 22.7 Å². The van der Waals surface area contributed by atoms with Crippen LogP contribution in [0.1, 0.15) is 24.6 Å². The Bertz CT molecular complexity index is 555. The minimum atomic E-state index is -0.891. The predicted molar refractivity (Wildman–Crippen MR) is 89.8 cm³/mol. The van der Waals surface area contributed by atoms with Gasteiger partial charge in [-0.1, -0.05) is 11.2 Å². The standard InChI is InChI=1S/C16H23N3O3S/c1-16(12-13(18-22-16)14-4-2-11-23-14)15(20)17-5-3-6-19-7-9-21-10-8-19/h2,4,11H,3,5-10,12H2,1H3,(H,17,20). The maximum absolute atomic E-state index is 12.4. The van der Waals surface area contributed by atoms with Crippen molar-refractivity contribution in [1.29, 1.82) is 0 Å². The van der Waals surface area contributed by atoms with Gasteiger partial charge in [0, 0.05) is 26.1 Å². The van der Waals surface area contributed by atoms with Crippen LogP contribution in [-0.4, -0.2) is 61.5 Å². The lowest BCUT2D eigenvalue weighted by Gasteiger charge is -2.26. The summed E-state index contributed by atoms with van der Waals surface area (Å²) in [6.45, 7) is 7.01. The molecule has 0 radical (unpaired) electrons. The molecule has 0 saturated carbocycles. The number of nitrogens with one attached hydrogen (secondary N) is 1. The number of morpholine rings is 1. The van der Waals surface area contributed by atoms with Crippen molar-refractivity contribution in [2.45, 2.75) is 25.4 Å². The van der Waals surface area contributed by atoms with E-state index < -0.39 is 5.60 Å². The maximum atomic E-state index is 12.4. The van der Waals surface area contributed by atoms with E-state index in [-0.39, 0.29) is 5.91 Å². The van der Waals surface area contributed by atoms with E-state index in [2.05, 4.69) is 15.4 Å². The third-order valence-corrected chi connectivity index (χ3v) is 5.11. The number of hydrogen-bond acceptors (Lipinski definition) is 6. The van der Waals surface area contributed by atoms with E-state index in [1.807, 2.05) is 17.5 Å². The van der Waals surface area contributed by atoms with E-state index in [1.165, 1.54) is 0 Å². The molecule has 1 fully saturated rings. The molecule has 0 aromatic carbocycles. The summed E-state index contributed by atoms with van der Waals surface area (Å²) in [5.41, 5.74) is -0.0378. The van der Waals surface area contributed by atoms with Crippen molar-refractivity contribution in [3.05, 3.63) is 22.4 Å². The van der Waals surface area contributed by atoms with Crippen LogP contribution in [0.4, 0.5) is 0 Å². The van der Waals surface area contributed by atoms with E-state index in [4.69, 9.17) is 9.57 Å². The van der Waals surface area contributed by atoms with Gasteiger partial charge in [-0.05, 0) is 31.3 Å². The fraction of sp³-hybridized carbons (Fsp3) is 0.625. The minimum Gasteiger partial charge on any atom is -0.379 e. The number of rotatable bonds is 6. The Hall–Kier alpha value is -1.44. The molecule has 2 aliphatic heterocycles. The van der Waals surface area contributed by atoms with E-state index in [0.717, 1.165) is 49.9 Å². The molecule has 1 amide bonds. The van der Waals surface area contributed by atoms with Crippen LogP contribution in [0.25, 0.3) is 0 Å². The largest absolute Gasteiger partial charge is 0.379 e. The fourth-order valence-corrected chi connectivity index (χ4v) is 3.46. The Labute approximate surface area is 140 Å². The van der Waals surface area contributed by atoms with Gasteiger partial charge < -0.3 is 14.9 Å². The van der Waals surface area contributed by atoms with Crippen molar-refractivity contribution in [2.24, 2.45) is 5.16 Å². The van der Waals surface area contributed by atoms with E-state index >= 15 is 0 Å². The molecule has 126 valence electrons. The first-order valence-electron chi connectivity index (χ1n) is 8.05. The molecule has 2 aliphatic rings. The zero-order valence-electron chi connectivity index (χ0n) is 13.4. The molecule has 1 atom stereocenters. The third kappa shape index (κ3) is 4.10. The number of hydrogen-bond donors (Lipinski definition) is 1. The molecule has 0 aliphatic carbocycles. The molecule has 6 nitrogen and oxygen atoms in total. The summed E-state index contributed by atoms with van der Waals surface area (Å²) in [4.78, 5) is 21.3. The van der Waals surface area contributed by atoms with Crippen LogP contribution in [0, 0.1) is 0 Å². The lowest BCUT2D eigenvalue weighted by molar-refractivity contribution is -0.141. The highest BCUT2D eigenvalue weighted by atomic mass is 32.1. The van der Waals surface area contributed by atoms with Crippen LogP contribution >= 0.6 is 11.3 Å². The van der Waals surface area contributed by atoms with Crippen LogP contribution in [0.3, 0.4) is 0 Å². The van der Waals surface area contributed by atoms with Crippen LogP contribution in [0.5, 0.6) is 0 Å². The second-order valence-corrected chi connectivity index (χ2v) is 7.03. The Morgan fingerprint density at radius 3 is 3.04 bits per heavy atom. The normalized spacial score (nSPS) is 25.0. The topological polar surface area (TPSA) is 63.2 Å². The average molecular weight is 337 g/mol. The molecule has 1 aromatic rings. The van der Waals surface area contributed by atoms with Crippen molar-refractivity contribution in [2.75, 3.05) is 39.4 Å². The van der Waals surface area contributed by atoms with Gasteiger partial charge in [-0.2, -0.15) is 0 Å². The molecule has 23 heavy (non-hydrogen) atoms. The number of oxime groups is 1. The molecule has 3 heterocycles. The van der Waals surface area contributed by atoms with Crippen LogP contribution in [-0.2, 0) is 14.4 Å². The molecule has 0 bridgehead atoms. The smallest absolute Gasteiger partial charge is 0.267 e. The Balaban J connectivity index is 1.40. The zero-order chi connectivity index (χ0) is 16.1. The molecular weight excluding hydrogens is 314 g/mol. The lowest BCUT2D eigenvalue weighted by Crippen LogP contribution is -2.45. The molecule has 3 rings (SSSR count). The van der Waals surface area contributed by atoms with E-state index in [1.54, 1.807) is 18.3 Å². The van der Waals surface area contributed by atoms with Gasteiger partial charge in [-0.25, -0.2) is 0 Å². The van der Waals surface area contributed by atoms with Gasteiger partial charge >= 0.3 is 0 Å². The number of thiophene rings is 1. The van der Waals surface area contributed by atoms with Gasteiger partial charge in [0.15, 0.2) is 0 Å². The van der Waals surface area contributed by atoms with Crippen LogP contribution < -0.4 is 5.32 Å². The first kappa shape index (κ1) is 16.4. The quantitative estimate of drug-likeness (QED) is 0.799. The van der Waals surface area contributed by atoms with Gasteiger partial charge in [0.05, 0.1) is 18.1 Å². The number of carbonyl (C=O) groups excluding carboxylic acids is 1. The number of amides is 1. The Morgan fingerprint density at radius 2 is 2.30 bits per heavy atom. The summed E-state index contributed by atoms with van der Waals surface area (Å²) in [5.74, 6) is -0.0882. The molecule has 1 aromatic heterocycles. The van der Waals surface area contributed by atoms with Crippen molar-refractivity contribution in [3.63, 3.8) is 0 Å². The SMILES string of the molecule is CC1(C(=O)NCCCN2CCOCC2)CC(c2cccs2)=NO1. The summed E-state index contributed by atoms with van der Waals surface area (Å²) in [7, 11) is 0. The van der Waals surface area contributed by atoms with Crippen molar-refractivity contribution >= 4 is 23.0 Å². The van der Waals surface area contributed by atoms with E-state index in [0.29, 0.717) is 13.0 Å². The first-order valence-corrected chi connectivity index (χ1v) is 8.93. The molecule has 1 saturated heterocycles. The molecule has 7 heteroatoms. The molecule has 1 unspecified atom stereocenters. The Morgan fingerprint density at radius 1 is 1.48 bits per heavy atom. The van der Waals surface area contributed by atoms with Gasteiger partial charge in [-0.3, -0.25) is 9.69 Å². The summed E-state index contributed by atoms with van der Waals surface area (Å²) in [6, 6.07) is 3.97. The van der Waals surface area contributed by atoms with Gasteiger partial charge in [0.25, 0.3) is 5.91 Å². The average Bonchev–Trinajstić information content (AvgIpc) is 3.22. The van der Waals surface area contributed by atoms with Crippen molar-refractivity contribution in [3.8, 4) is 0 Å². The fourth-order valence-electron chi connectivity index (χ4n) is 2.75. The highest BCUT2D eigenvalue weighted by Crippen LogP contribution is 2.28. The summed E-state index contributed by atoms with van der Waals surface area (Å²) >= 11 is 1.61. The number of carbonyl (C=O) groups is 1. The third-order valence-electron chi connectivity index (χ3n) is 4.19. The highest BCUT2D eigenvalue weighted by molar-refractivity contribution is 7.12. The summed E-state index contributed by atoms with van der Waals surface area (Å²) in [6.07, 6.45) is 1.45. The molecular formula is C16H23N3O3S. The van der Waals surface area contributed by atoms with Crippen molar-refractivity contribution < 1.29 is 14.4 Å². The minimum absolute atomic E-state index is 0.0882. The molecule has 0 spiro atoms. The zero-order valence-corrected chi connectivity index (χ0v) is 14.2. The molecule has 1 N–H and O–H groups in total. The van der Waals surface area contributed by atoms with Gasteiger partial charge in [-0.15, -0.1) is 11.3 Å². The second kappa shape index (κ2) is 7.42. The van der Waals surface area contributed by atoms with Gasteiger partial charge in [0.2, 0.25) is 5.60 Å². The monoisotopic (exact) mass is 337 g/mol.